The molecule has 0 amide bonds. The lowest BCUT2D eigenvalue weighted by Crippen LogP contribution is -2.53. The zero-order chi connectivity index (χ0) is 12.7. The van der Waals surface area contributed by atoms with Crippen LogP contribution in [0.2, 0.25) is 0 Å². The lowest BCUT2D eigenvalue weighted by Gasteiger charge is -2.28. The molecule has 17 heavy (non-hydrogen) atoms. The maximum atomic E-state index is 11.2. The van der Waals surface area contributed by atoms with Crippen LogP contribution in [-0.4, -0.2) is 36.4 Å². The first-order chi connectivity index (χ1) is 8.08. The van der Waals surface area contributed by atoms with Crippen LogP contribution < -0.4 is 5.32 Å². The normalized spacial score (nSPS) is 19.6. The number of carboxylic acids is 1. The lowest BCUT2D eigenvalue weighted by molar-refractivity contribution is -0.147. The van der Waals surface area contributed by atoms with Gasteiger partial charge in [0.2, 0.25) is 0 Å². The molecule has 2 N–H and O–H groups in total. The maximum Gasteiger partial charge on any atom is 0.326 e. The Morgan fingerprint density at radius 3 is 2.71 bits per heavy atom. The highest BCUT2D eigenvalue weighted by atomic mass is 16.5. The summed E-state index contributed by atoms with van der Waals surface area (Å²) in [5.41, 5.74) is -0.949. The quantitative estimate of drug-likeness (QED) is 0.608. The smallest absolute Gasteiger partial charge is 0.326 e. The first-order valence-electron chi connectivity index (χ1n) is 6.64. The third kappa shape index (κ3) is 4.64. The number of aliphatic carboxylic acids is 1. The highest BCUT2D eigenvalue weighted by Gasteiger charge is 2.32. The molecule has 4 heteroatoms. The fourth-order valence-electron chi connectivity index (χ4n) is 1.90. The summed E-state index contributed by atoms with van der Waals surface area (Å²) in [4.78, 5) is 11.2. The molecule has 1 aliphatic rings. The van der Waals surface area contributed by atoms with Gasteiger partial charge < -0.3 is 15.2 Å². The van der Waals surface area contributed by atoms with Gasteiger partial charge in [0.1, 0.15) is 5.54 Å². The summed E-state index contributed by atoms with van der Waals surface area (Å²) < 4.78 is 5.52. The van der Waals surface area contributed by atoms with Crippen LogP contribution in [0.15, 0.2) is 0 Å². The summed E-state index contributed by atoms with van der Waals surface area (Å²) in [6.45, 7) is 5.34. The first-order valence-corrected chi connectivity index (χ1v) is 6.64. The highest BCUT2D eigenvalue weighted by Crippen LogP contribution is 2.29. The molecule has 0 aromatic rings. The molecule has 1 atom stereocenters. The predicted molar refractivity (Wildman–Crippen MR) is 67.1 cm³/mol. The summed E-state index contributed by atoms with van der Waals surface area (Å²) >= 11 is 0. The van der Waals surface area contributed by atoms with Crippen LogP contribution in [0.1, 0.15) is 46.0 Å². The van der Waals surface area contributed by atoms with Gasteiger partial charge in [-0.15, -0.1) is 0 Å². The standard InChI is InChI=1S/C13H25NO3/c1-3-8-14-13(2,12(15)16)10-17-9-7-11-5-4-6-11/h11,14H,3-10H2,1-2H3,(H,15,16). The van der Waals surface area contributed by atoms with E-state index >= 15 is 0 Å². The van der Waals surface area contributed by atoms with Crippen molar-refractivity contribution >= 4 is 5.97 Å². The summed E-state index contributed by atoms with van der Waals surface area (Å²) in [5.74, 6) is -0.0238. The van der Waals surface area contributed by atoms with E-state index in [0.717, 1.165) is 18.8 Å². The maximum absolute atomic E-state index is 11.2. The fraction of sp³-hybridized carbons (Fsp3) is 0.923. The SMILES string of the molecule is CCCNC(C)(COCCC1CCC1)C(=O)O. The van der Waals surface area contributed by atoms with Gasteiger partial charge in [0, 0.05) is 6.61 Å². The molecule has 1 fully saturated rings. The number of carboxylic acid groups (broad SMARTS) is 1. The average molecular weight is 243 g/mol. The molecule has 0 saturated heterocycles. The van der Waals surface area contributed by atoms with Crippen LogP contribution in [0.5, 0.6) is 0 Å². The number of rotatable bonds is 9. The van der Waals surface area contributed by atoms with E-state index in [9.17, 15) is 9.90 Å². The summed E-state index contributed by atoms with van der Waals surface area (Å²) in [6, 6.07) is 0. The van der Waals surface area contributed by atoms with Gasteiger partial charge in [-0.25, -0.2) is 0 Å². The molecule has 0 bridgehead atoms. The van der Waals surface area contributed by atoms with E-state index < -0.39 is 11.5 Å². The summed E-state index contributed by atoms with van der Waals surface area (Å²) in [5, 5.41) is 12.2. The van der Waals surface area contributed by atoms with Crippen molar-refractivity contribution in [1.82, 2.24) is 5.32 Å². The Kier molecular flexibility index (Phi) is 5.92. The van der Waals surface area contributed by atoms with Crippen LogP contribution in [0.25, 0.3) is 0 Å². The third-order valence-corrected chi connectivity index (χ3v) is 3.52. The van der Waals surface area contributed by atoms with Crippen molar-refractivity contribution in [2.45, 2.75) is 51.5 Å². The van der Waals surface area contributed by atoms with Crippen LogP contribution in [0.3, 0.4) is 0 Å². The zero-order valence-corrected chi connectivity index (χ0v) is 11.0. The largest absolute Gasteiger partial charge is 0.480 e. The fourth-order valence-corrected chi connectivity index (χ4v) is 1.90. The van der Waals surface area contributed by atoms with Crippen molar-refractivity contribution in [3.63, 3.8) is 0 Å². The summed E-state index contributed by atoms with van der Waals surface area (Å²) in [6.07, 6.45) is 5.96. The van der Waals surface area contributed by atoms with E-state index in [1.165, 1.54) is 19.3 Å². The van der Waals surface area contributed by atoms with Crippen molar-refractivity contribution < 1.29 is 14.6 Å². The van der Waals surface area contributed by atoms with Gasteiger partial charge in [-0.2, -0.15) is 0 Å². The predicted octanol–water partition coefficient (Wildman–Crippen LogP) is 2.04. The Hall–Kier alpha value is -0.610. The van der Waals surface area contributed by atoms with Crippen LogP contribution >= 0.6 is 0 Å². The van der Waals surface area contributed by atoms with E-state index in [-0.39, 0.29) is 6.61 Å². The van der Waals surface area contributed by atoms with Gasteiger partial charge in [0.05, 0.1) is 6.61 Å². The van der Waals surface area contributed by atoms with Crippen molar-refractivity contribution in [2.24, 2.45) is 5.92 Å². The van der Waals surface area contributed by atoms with Gasteiger partial charge in [0.15, 0.2) is 0 Å². The van der Waals surface area contributed by atoms with E-state index in [0.29, 0.717) is 13.2 Å². The molecule has 1 unspecified atom stereocenters. The van der Waals surface area contributed by atoms with E-state index in [2.05, 4.69) is 5.32 Å². The van der Waals surface area contributed by atoms with Crippen LogP contribution in [0, 0.1) is 5.92 Å². The zero-order valence-electron chi connectivity index (χ0n) is 11.0. The molecule has 0 aromatic heterocycles. The van der Waals surface area contributed by atoms with Gasteiger partial charge >= 0.3 is 5.97 Å². The van der Waals surface area contributed by atoms with Crippen molar-refractivity contribution in [1.29, 1.82) is 0 Å². The van der Waals surface area contributed by atoms with E-state index in [4.69, 9.17) is 4.74 Å². The van der Waals surface area contributed by atoms with Gasteiger partial charge in [-0.3, -0.25) is 4.79 Å². The molecule has 0 radical (unpaired) electrons. The Bertz CT molecular complexity index is 241. The Balaban J connectivity index is 2.20. The van der Waals surface area contributed by atoms with E-state index in [1.54, 1.807) is 6.92 Å². The third-order valence-electron chi connectivity index (χ3n) is 3.52. The molecule has 1 saturated carbocycles. The molecule has 1 rings (SSSR count). The second-order valence-electron chi connectivity index (χ2n) is 5.20. The van der Waals surface area contributed by atoms with Crippen LogP contribution in [0.4, 0.5) is 0 Å². The van der Waals surface area contributed by atoms with Crippen molar-refractivity contribution in [3.05, 3.63) is 0 Å². The molecule has 4 nitrogen and oxygen atoms in total. The van der Waals surface area contributed by atoms with E-state index in [1.807, 2.05) is 6.92 Å². The number of ether oxygens (including phenoxy) is 1. The Labute approximate surface area is 104 Å². The van der Waals surface area contributed by atoms with Crippen LogP contribution in [-0.2, 0) is 9.53 Å². The second-order valence-corrected chi connectivity index (χ2v) is 5.20. The number of nitrogens with one attached hydrogen (secondary N) is 1. The van der Waals surface area contributed by atoms with Gasteiger partial charge in [-0.05, 0) is 32.2 Å². The monoisotopic (exact) mass is 243 g/mol. The highest BCUT2D eigenvalue weighted by molar-refractivity contribution is 5.78. The van der Waals surface area contributed by atoms with Crippen molar-refractivity contribution in [2.75, 3.05) is 19.8 Å². The molecule has 0 aromatic carbocycles. The minimum absolute atomic E-state index is 0.245. The number of hydrogen-bond donors (Lipinski definition) is 2. The molecule has 0 heterocycles. The first kappa shape index (κ1) is 14.5. The minimum atomic E-state index is -0.949. The molecular formula is C13H25NO3. The Morgan fingerprint density at radius 2 is 2.24 bits per heavy atom. The molecule has 0 aliphatic heterocycles. The molecular weight excluding hydrogens is 218 g/mol. The average Bonchev–Trinajstić information content (AvgIpc) is 2.23. The van der Waals surface area contributed by atoms with Gasteiger partial charge in [0.25, 0.3) is 0 Å². The molecule has 1 aliphatic carbocycles. The van der Waals surface area contributed by atoms with Gasteiger partial charge in [-0.1, -0.05) is 26.2 Å². The molecule has 100 valence electrons. The van der Waals surface area contributed by atoms with Crippen molar-refractivity contribution in [3.8, 4) is 0 Å². The number of carbonyl (C=O) groups is 1. The minimum Gasteiger partial charge on any atom is -0.480 e. The molecule has 0 spiro atoms. The lowest BCUT2D eigenvalue weighted by atomic mass is 9.83. The second kappa shape index (κ2) is 6.97. The Morgan fingerprint density at radius 1 is 1.53 bits per heavy atom. The topological polar surface area (TPSA) is 58.6 Å². The summed E-state index contributed by atoms with van der Waals surface area (Å²) in [7, 11) is 0. The number of hydrogen-bond acceptors (Lipinski definition) is 3.